The maximum atomic E-state index is 9.14. The number of aromatic nitrogens is 2. The van der Waals surface area contributed by atoms with Crippen molar-refractivity contribution in [3.8, 4) is 0 Å². The number of nitrogens with zero attached hydrogens (tertiary/aromatic N) is 4. The molecule has 1 N–H and O–H groups in total. The Balaban J connectivity index is 2.13. The minimum atomic E-state index is 0.245. The van der Waals surface area contributed by atoms with Gasteiger partial charge in [-0.3, -0.25) is 0 Å². The monoisotopic (exact) mass is 264 g/mol. The predicted molar refractivity (Wildman–Crippen MR) is 77.7 cm³/mol. The highest BCUT2D eigenvalue weighted by Crippen LogP contribution is 2.27. The van der Waals surface area contributed by atoms with Crippen LogP contribution in [0.2, 0.25) is 0 Å². The van der Waals surface area contributed by atoms with Gasteiger partial charge in [0.25, 0.3) is 0 Å². The second kappa shape index (κ2) is 6.70. The molecule has 0 spiro atoms. The molecule has 1 atom stereocenters. The zero-order chi connectivity index (χ0) is 13.7. The van der Waals surface area contributed by atoms with E-state index in [-0.39, 0.29) is 6.61 Å². The topological polar surface area (TPSA) is 52.5 Å². The van der Waals surface area contributed by atoms with Crippen molar-refractivity contribution in [2.24, 2.45) is 0 Å². The number of rotatable bonds is 6. The van der Waals surface area contributed by atoms with Gasteiger partial charge in [0.15, 0.2) is 0 Å². The third-order valence-corrected chi connectivity index (χ3v) is 3.72. The van der Waals surface area contributed by atoms with Crippen molar-refractivity contribution in [1.82, 2.24) is 9.97 Å². The van der Waals surface area contributed by atoms with Gasteiger partial charge in [0.1, 0.15) is 18.0 Å². The van der Waals surface area contributed by atoms with Crippen LogP contribution >= 0.6 is 0 Å². The summed E-state index contributed by atoms with van der Waals surface area (Å²) in [4.78, 5) is 13.2. The van der Waals surface area contributed by atoms with Gasteiger partial charge in [-0.25, -0.2) is 9.97 Å². The summed E-state index contributed by atoms with van der Waals surface area (Å²) in [5, 5.41) is 9.14. The molecule has 5 nitrogen and oxygen atoms in total. The molecule has 0 aliphatic carbocycles. The van der Waals surface area contributed by atoms with Crippen molar-refractivity contribution in [3.63, 3.8) is 0 Å². The molecular weight excluding hydrogens is 240 g/mol. The minimum Gasteiger partial charge on any atom is -0.396 e. The summed E-state index contributed by atoms with van der Waals surface area (Å²) in [5.74, 6) is 1.96. The Morgan fingerprint density at radius 3 is 3.05 bits per heavy atom. The van der Waals surface area contributed by atoms with E-state index >= 15 is 0 Å². The molecule has 2 rings (SSSR count). The fraction of sp³-hybridized carbons (Fsp3) is 0.714. The number of hydrogen-bond acceptors (Lipinski definition) is 5. The summed E-state index contributed by atoms with van der Waals surface area (Å²) >= 11 is 0. The largest absolute Gasteiger partial charge is 0.396 e. The minimum absolute atomic E-state index is 0.245. The lowest BCUT2D eigenvalue weighted by atomic mass is 10.1. The van der Waals surface area contributed by atoms with Gasteiger partial charge >= 0.3 is 0 Å². The maximum absolute atomic E-state index is 9.14. The molecule has 0 bridgehead atoms. The molecule has 0 aromatic carbocycles. The lowest BCUT2D eigenvalue weighted by molar-refractivity contribution is 0.275. The zero-order valence-electron chi connectivity index (χ0n) is 11.9. The number of anilines is 2. The summed E-state index contributed by atoms with van der Waals surface area (Å²) in [6.07, 6.45) is 5.89. The molecule has 0 saturated carbocycles. The molecule has 1 aliphatic heterocycles. The number of aliphatic hydroxyl groups is 1. The lowest BCUT2D eigenvalue weighted by Gasteiger charge is -2.26. The Kier molecular flexibility index (Phi) is 4.96. The van der Waals surface area contributed by atoms with Crippen LogP contribution in [-0.2, 0) is 0 Å². The van der Waals surface area contributed by atoms with Crippen LogP contribution in [-0.4, -0.2) is 47.9 Å². The van der Waals surface area contributed by atoms with Crippen LogP contribution in [0.5, 0.6) is 0 Å². The molecule has 1 aliphatic rings. The third kappa shape index (κ3) is 3.35. The average Bonchev–Trinajstić information content (AvgIpc) is 2.88. The molecule has 2 heterocycles. The van der Waals surface area contributed by atoms with E-state index in [0.717, 1.165) is 44.0 Å². The van der Waals surface area contributed by atoms with Gasteiger partial charge in [0, 0.05) is 38.9 Å². The van der Waals surface area contributed by atoms with Gasteiger partial charge in [-0.05, 0) is 25.7 Å². The van der Waals surface area contributed by atoms with Gasteiger partial charge in [-0.2, -0.15) is 0 Å². The second-order valence-corrected chi connectivity index (χ2v) is 5.16. The first-order valence-electron chi connectivity index (χ1n) is 7.17. The van der Waals surface area contributed by atoms with Crippen molar-refractivity contribution in [3.05, 3.63) is 12.4 Å². The highest BCUT2D eigenvalue weighted by Gasteiger charge is 2.25. The van der Waals surface area contributed by atoms with Crippen LogP contribution in [0.3, 0.4) is 0 Å². The van der Waals surface area contributed by atoms with Gasteiger partial charge in [-0.15, -0.1) is 0 Å². The molecular formula is C14H24N4O. The quantitative estimate of drug-likeness (QED) is 0.847. The Morgan fingerprint density at radius 1 is 1.47 bits per heavy atom. The molecule has 0 radical (unpaired) electrons. The smallest absolute Gasteiger partial charge is 0.134 e. The van der Waals surface area contributed by atoms with E-state index in [1.54, 1.807) is 6.33 Å². The third-order valence-electron chi connectivity index (χ3n) is 3.72. The van der Waals surface area contributed by atoms with Crippen LogP contribution < -0.4 is 9.80 Å². The molecule has 1 fully saturated rings. The van der Waals surface area contributed by atoms with Crippen LogP contribution in [0.1, 0.15) is 32.6 Å². The van der Waals surface area contributed by atoms with Crippen LogP contribution in [0.25, 0.3) is 0 Å². The molecule has 0 amide bonds. The number of hydrogen-bond donors (Lipinski definition) is 1. The molecule has 1 saturated heterocycles. The first-order valence-corrected chi connectivity index (χ1v) is 7.17. The van der Waals surface area contributed by atoms with Crippen LogP contribution in [0.15, 0.2) is 12.4 Å². The normalized spacial score (nSPS) is 18.9. The maximum Gasteiger partial charge on any atom is 0.134 e. The van der Waals surface area contributed by atoms with E-state index in [4.69, 9.17) is 5.11 Å². The molecule has 1 aromatic heterocycles. The lowest BCUT2D eigenvalue weighted by Crippen LogP contribution is -2.31. The van der Waals surface area contributed by atoms with Crippen molar-refractivity contribution in [1.29, 1.82) is 0 Å². The number of aliphatic hydroxyl groups excluding tert-OH is 1. The van der Waals surface area contributed by atoms with E-state index in [0.29, 0.717) is 6.04 Å². The highest BCUT2D eigenvalue weighted by molar-refractivity contribution is 5.50. The summed E-state index contributed by atoms with van der Waals surface area (Å²) < 4.78 is 0. The fourth-order valence-electron chi connectivity index (χ4n) is 2.74. The van der Waals surface area contributed by atoms with E-state index in [1.807, 2.05) is 0 Å². The molecule has 106 valence electrons. The molecule has 1 aromatic rings. The van der Waals surface area contributed by atoms with Crippen LogP contribution in [0.4, 0.5) is 11.6 Å². The Hall–Kier alpha value is -1.36. The van der Waals surface area contributed by atoms with Gasteiger partial charge in [0.2, 0.25) is 0 Å². The van der Waals surface area contributed by atoms with Gasteiger partial charge < -0.3 is 14.9 Å². The van der Waals surface area contributed by atoms with E-state index in [2.05, 4.69) is 39.8 Å². The first-order chi connectivity index (χ1) is 9.26. The Labute approximate surface area is 115 Å². The van der Waals surface area contributed by atoms with E-state index in [9.17, 15) is 0 Å². The van der Waals surface area contributed by atoms with Gasteiger partial charge in [-0.1, -0.05) is 6.92 Å². The van der Waals surface area contributed by atoms with Crippen LogP contribution in [0, 0.1) is 0 Å². The Bertz CT molecular complexity index is 399. The zero-order valence-corrected chi connectivity index (χ0v) is 11.9. The molecule has 19 heavy (non-hydrogen) atoms. The SMILES string of the molecule is CCCN(C)c1cc(N2CCCC2CCO)ncn1. The Morgan fingerprint density at radius 2 is 2.32 bits per heavy atom. The second-order valence-electron chi connectivity index (χ2n) is 5.16. The van der Waals surface area contributed by atoms with Crippen molar-refractivity contribution in [2.45, 2.75) is 38.6 Å². The summed E-state index contributed by atoms with van der Waals surface area (Å²) in [5.41, 5.74) is 0. The fourth-order valence-corrected chi connectivity index (χ4v) is 2.74. The molecule has 1 unspecified atom stereocenters. The van der Waals surface area contributed by atoms with E-state index in [1.165, 1.54) is 6.42 Å². The first kappa shape index (κ1) is 14.1. The standard InChI is InChI=1S/C14H24N4O/c1-3-7-17(2)13-10-14(16-11-15-13)18-8-4-5-12(18)6-9-19/h10-12,19H,3-9H2,1-2H3. The average molecular weight is 264 g/mol. The predicted octanol–water partition coefficient (Wildman–Crippen LogP) is 1.67. The summed E-state index contributed by atoms with van der Waals surface area (Å²) in [7, 11) is 2.06. The van der Waals surface area contributed by atoms with E-state index < -0.39 is 0 Å². The summed E-state index contributed by atoms with van der Waals surface area (Å²) in [6.45, 7) is 4.43. The molecule has 5 heteroatoms. The van der Waals surface area contributed by atoms with Crippen molar-refractivity contribution < 1.29 is 5.11 Å². The summed E-state index contributed by atoms with van der Waals surface area (Å²) in [6, 6.07) is 2.48. The van der Waals surface area contributed by atoms with Gasteiger partial charge in [0.05, 0.1) is 0 Å². The van der Waals surface area contributed by atoms with Crippen molar-refractivity contribution in [2.75, 3.05) is 36.5 Å². The van der Waals surface area contributed by atoms with Crippen molar-refractivity contribution >= 4 is 11.6 Å². The highest BCUT2D eigenvalue weighted by atomic mass is 16.3.